The lowest BCUT2D eigenvalue weighted by molar-refractivity contribution is 0.329. The maximum absolute atomic E-state index is 12.4. The fourth-order valence-corrected chi connectivity index (χ4v) is 3.03. The molecule has 0 fully saturated rings. The second-order valence-corrected chi connectivity index (χ2v) is 5.98. The highest BCUT2D eigenvalue weighted by Crippen LogP contribution is 2.28. The van der Waals surface area contributed by atoms with Gasteiger partial charge in [-0.3, -0.25) is 0 Å². The zero-order chi connectivity index (χ0) is 13.8. The SMILES string of the molecule is CCCN(C)S(=O)(=O)c1cc(N)ccc1OCC. The van der Waals surface area contributed by atoms with Crippen molar-refractivity contribution in [3.05, 3.63) is 18.2 Å². The molecule has 2 N–H and O–H groups in total. The fourth-order valence-electron chi connectivity index (χ4n) is 1.60. The zero-order valence-corrected chi connectivity index (χ0v) is 11.8. The molecule has 0 aliphatic carbocycles. The maximum atomic E-state index is 12.4. The minimum absolute atomic E-state index is 0.125. The summed E-state index contributed by atoms with van der Waals surface area (Å²) in [6.45, 7) is 4.60. The van der Waals surface area contributed by atoms with Crippen molar-refractivity contribution in [3.8, 4) is 5.75 Å². The van der Waals surface area contributed by atoms with Crippen molar-refractivity contribution in [1.29, 1.82) is 0 Å². The lowest BCUT2D eigenvalue weighted by atomic mass is 10.3. The second-order valence-electron chi connectivity index (χ2n) is 3.97. The van der Waals surface area contributed by atoms with Crippen LogP contribution in [0, 0.1) is 0 Å². The Morgan fingerprint density at radius 2 is 2.00 bits per heavy atom. The molecule has 0 heterocycles. The van der Waals surface area contributed by atoms with Crippen LogP contribution in [0.1, 0.15) is 20.3 Å². The van der Waals surface area contributed by atoms with E-state index in [4.69, 9.17) is 10.5 Å². The molecule has 0 bridgehead atoms. The average molecular weight is 272 g/mol. The van der Waals surface area contributed by atoms with Gasteiger partial charge in [0.05, 0.1) is 6.61 Å². The van der Waals surface area contributed by atoms with Crippen LogP contribution in [0.25, 0.3) is 0 Å². The number of hydrogen-bond donors (Lipinski definition) is 1. The normalized spacial score (nSPS) is 11.8. The summed E-state index contributed by atoms with van der Waals surface area (Å²) in [5, 5.41) is 0. The number of nitrogens with zero attached hydrogens (tertiary/aromatic N) is 1. The van der Waals surface area contributed by atoms with E-state index in [9.17, 15) is 8.42 Å². The van der Waals surface area contributed by atoms with Crippen LogP contribution in [0.3, 0.4) is 0 Å². The van der Waals surface area contributed by atoms with Crippen LogP contribution >= 0.6 is 0 Å². The van der Waals surface area contributed by atoms with Crippen LogP contribution in [-0.2, 0) is 10.0 Å². The summed E-state index contributed by atoms with van der Waals surface area (Å²) >= 11 is 0. The first-order valence-corrected chi connectivity index (χ1v) is 7.36. The molecule has 1 aromatic carbocycles. The van der Waals surface area contributed by atoms with E-state index in [1.807, 2.05) is 13.8 Å². The van der Waals surface area contributed by atoms with Gasteiger partial charge in [0.25, 0.3) is 0 Å². The quantitative estimate of drug-likeness (QED) is 0.800. The number of nitrogens with two attached hydrogens (primary N) is 1. The van der Waals surface area contributed by atoms with Gasteiger partial charge in [0.15, 0.2) is 0 Å². The maximum Gasteiger partial charge on any atom is 0.246 e. The Hall–Kier alpha value is -1.27. The summed E-state index contributed by atoms with van der Waals surface area (Å²) in [5.41, 5.74) is 6.06. The van der Waals surface area contributed by atoms with Crippen LogP contribution in [0.2, 0.25) is 0 Å². The van der Waals surface area contributed by atoms with E-state index in [-0.39, 0.29) is 4.90 Å². The number of benzene rings is 1. The molecular weight excluding hydrogens is 252 g/mol. The Kier molecular flexibility index (Phi) is 4.98. The van der Waals surface area contributed by atoms with Crippen LogP contribution in [-0.4, -0.2) is 32.9 Å². The average Bonchev–Trinajstić information content (AvgIpc) is 2.32. The topological polar surface area (TPSA) is 72.6 Å². The molecule has 5 nitrogen and oxygen atoms in total. The van der Waals surface area contributed by atoms with Crippen molar-refractivity contribution in [2.45, 2.75) is 25.2 Å². The molecule has 0 spiro atoms. The standard InChI is InChI=1S/C12H20N2O3S/c1-4-8-14(3)18(15,16)12-9-10(13)6-7-11(12)17-5-2/h6-7,9H,4-5,8,13H2,1-3H3. The lowest BCUT2D eigenvalue weighted by Gasteiger charge is -2.18. The highest BCUT2D eigenvalue weighted by atomic mass is 32.2. The van der Waals surface area contributed by atoms with Gasteiger partial charge >= 0.3 is 0 Å². The first-order valence-electron chi connectivity index (χ1n) is 5.92. The third-order valence-corrected chi connectivity index (χ3v) is 4.37. The zero-order valence-electron chi connectivity index (χ0n) is 11.0. The summed E-state index contributed by atoms with van der Waals surface area (Å²) in [6, 6.07) is 4.65. The molecule has 6 heteroatoms. The van der Waals surface area contributed by atoms with E-state index in [2.05, 4.69) is 0 Å². The molecule has 0 unspecified atom stereocenters. The number of nitrogen functional groups attached to an aromatic ring is 1. The third kappa shape index (κ3) is 3.14. The predicted molar refractivity (Wildman–Crippen MR) is 72.1 cm³/mol. The molecule has 0 aliphatic rings. The third-order valence-electron chi connectivity index (χ3n) is 2.49. The van der Waals surface area contributed by atoms with Gasteiger partial charge in [-0.05, 0) is 31.5 Å². The second kappa shape index (κ2) is 6.06. The molecule has 0 radical (unpaired) electrons. The molecule has 0 aromatic heterocycles. The molecule has 1 aromatic rings. The van der Waals surface area contributed by atoms with Gasteiger partial charge in [-0.2, -0.15) is 0 Å². The van der Waals surface area contributed by atoms with Crippen molar-refractivity contribution < 1.29 is 13.2 Å². The van der Waals surface area contributed by atoms with Crippen molar-refractivity contribution in [1.82, 2.24) is 4.31 Å². The lowest BCUT2D eigenvalue weighted by Crippen LogP contribution is -2.28. The molecule has 18 heavy (non-hydrogen) atoms. The van der Waals surface area contributed by atoms with E-state index in [1.54, 1.807) is 19.2 Å². The van der Waals surface area contributed by atoms with E-state index in [0.29, 0.717) is 24.6 Å². The van der Waals surface area contributed by atoms with Gasteiger partial charge in [-0.1, -0.05) is 6.92 Å². The monoisotopic (exact) mass is 272 g/mol. The molecule has 0 amide bonds. The molecule has 1 rings (SSSR count). The van der Waals surface area contributed by atoms with Crippen molar-refractivity contribution in [3.63, 3.8) is 0 Å². The molecule has 0 aliphatic heterocycles. The summed E-state index contributed by atoms with van der Waals surface area (Å²) in [7, 11) is -1.99. The van der Waals surface area contributed by atoms with Crippen LogP contribution < -0.4 is 10.5 Å². The number of sulfonamides is 1. The minimum Gasteiger partial charge on any atom is -0.492 e. The number of anilines is 1. The van der Waals surface area contributed by atoms with Crippen LogP contribution in [0.15, 0.2) is 23.1 Å². The minimum atomic E-state index is -3.55. The predicted octanol–water partition coefficient (Wildman–Crippen LogP) is 1.70. The number of ether oxygens (including phenoxy) is 1. The summed E-state index contributed by atoms with van der Waals surface area (Å²) in [4.78, 5) is 0.125. The van der Waals surface area contributed by atoms with E-state index in [0.717, 1.165) is 6.42 Å². The molecule has 0 atom stereocenters. The summed E-state index contributed by atoms with van der Waals surface area (Å²) < 4.78 is 31.4. The van der Waals surface area contributed by atoms with Crippen molar-refractivity contribution in [2.75, 3.05) is 25.9 Å². The van der Waals surface area contributed by atoms with E-state index in [1.165, 1.54) is 10.4 Å². The van der Waals surface area contributed by atoms with Gasteiger partial charge in [-0.15, -0.1) is 0 Å². The summed E-state index contributed by atoms with van der Waals surface area (Å²) in [6.07, 6.45) is 0.752. The number of hydrogen-bond acceptors (Lipinski definition) is 4. The van der Waals surface area contributed by atoms with Crippen molar-refractivity contribution >= 4 is 15.7 Å². The first kappa shape index (κ1) is 14.8. The molecule has 0 saturated heterocycles. The first-order chi connectivity index (χ1) is 8.43. The molecule has 102 valence electrons. The van der Waals surface area contributed by atoms with Crippen LogP contribution in [0.4, 0.5) is 5.69 Å². The molecular formula is C12H20N2O3S. The van der Waals surface area contributed by atoms with Gasteiger partial charge in [0.2, 0.25) is 10.0 Å². The Morgan fingerprint density at radius 3 is 2.56 bits per heavy atom. The Balaban J connectivity index is 3.25. The highest BCUT2D eigenvalue weighted by Gasteiger charge is 2.24. The highest BCUT2D eigenvalue weighted by molar-refractivity contribution is 7.89. The fraction of sp³-hybridized carbons (Fsp3) is 0.500. The van der Waals surface area contributed by atoms with Crippen LogP contribution in [0.5, 0.6) is 5.75 Å². The Labute approximate surface area is 109 Å². The summed E-state index contributed by atoms with van der Waals surface area (Å²) in [5.74, 6) is 0.342. The van der Waals surface area contributed by atoms with Gasteiger partial charge in [0.1, 0.15) is 10.6 Å². The van der Waals surface area contributed by atoms with Gasteiger partial charge in [-0.25, -0.2) is 12.7 Å². The Bertz CT molecular complexity index is 500. The Morgan fingerprint density at radius 1 is 1.33 bits per heavy atom. The largest absolute Gasteiger partial charge is 0.492 e. The van der Waals surface area contributed by atoms with Gasteiger partial charge < -0.3 is 10.5 Å². The number of rotatable bonds is 6. The van der Waals surface area contributed by atoms with Crippen molar-refractivity contribution in [2.24, 2.45) is 0 Å². The molecule has 0 saturated carbocycles. The van der Waals surface area contributed by atoms with E-state index < -0.39 is 10.0 Å². The smallest absolute Gasteiger partial charge is 0.246 e. The van der Waals surface area contributed by atoms with Gasteiger partial charge in [0, 0.05) is 19.3 Å². The van der Waals surface area contributed by atoms with E-state index >= 15 is 0 Å².